The number of hydrogen-bond donors (Lipinski definition) is 2. The number of sulfonamides is 1. The molecule has 0 saturated carbocycles. The molecule has 2 atom stereocenters. The van der Waals surface area contributed by atoms with Crippen molar-refractivity contribution >= 4 is 21.5 Å². The lowest BCUT2D eigenvalue weighted by Gasteiger charge is -2.19. The van der Waals surface area contributed by atoms with Crippen LogP contribution in [0.15, 0.2) is 29.4 Å². The molecule has 2 N–H and O–H groups in total. The van der Waals surface area contributed by atoms with Crippen molar-refractivity contribution in [2.45, 2.75) is 38.3 Å². The van der Waals surface area contributed by atoms with Crippen molar-refractivity contribution in [3.8, 4) is 0 Å². The molecule has 0 bridgehead atoms. The van der Waals surface area contributed by atoms with Crippen LogP contribution in [0.4, 0.5) is 5.82 Å². The minimum absolute atomic E-state index is 0.140. The van der Waals surface area contributed by atoms with Gasteiger partial charge in [-0.1, -0.05) is 26.3 Å². The molecule has 0 saturated heterocycles. The first kappa shape index (κ1) is 15.8. The highest BCUT2D eigenvalue weighted by molar-refractivity contribution is 7.89. The SMILES string of the molecule is CCC(C)C(C)NS(=O)(=O)c1c(NC)nc2ccccn12. The van der Waals surface area contributed by atoms with Gasteiger partial charge >= 0.3 is 0 Å². The maximum atomic E-state index is 12.7. The Morgan fingerprint density at radius 3 is 2.67 bits per heavy atom. The summed E-state index contributed by atoms with van der Waals surface area (Å²) in [6, 6.07) is 5.25. The highest BCUT2D eigenvalue weighted by Crippen LogP contribution is 2.23. The van der Waals surface area contributed by atoms with Gasteiger partial charge < -0.3 is 5.32 Å². The standard InChI is InChI=1S/C14H22N4O2S/c1-5-10(2)11(3)17-21(19,20)14-13(15-4)16-12-8-6-7-9-18(12)14/h6-11,15,17H,5H2,1-4H3. The summed E-state index contributed by atoms with van der Waals surface area (Å²) in [5.74, 6) is 0.613. The molecule has 0 aliphatic heterocycles. The van der Waals surface area contributed by atoms with Crippen molar-refractivity contribution in [2.24, 2.45) is 5.92 Å². The van der Waals surface area contributed by atoms with Crippen LogP contribution in [-0.4, -0.2) is 30.9 Å². The van der Waals surface area contributed by atoms with E-state index in [2.05, 4.69) is 15.0 Å². The number of hydrogen-bond acceptors (Lipinski definition) is 4. The van der Waals surface area contributed by atoms with Crippen LogP contribution in [0.25, 0.3) is 5.65 Å². The largest absolute Gasteiger partial charge is 0.371 e. The van der Waals surface area contributed by atoms with Crippen molar-refractivity contribution in [3.63, 3.8) is 0 Å². The van der Waals surface area contributed by atoms with Crippen LogP contribution in [0.2, 0.25) is 0 Å². The van der Waals surface area contributed by atoms with Crippen molar-refractivity contribution in [1.29, 1.82) is 0 Å². The van der Waals surface area contributed by atoms with Crippen LogP contribution in [0, 0.1) is 5.92 Å². The van der Waals surface area contributed by atoms with E-state index in [1.165, 1.54) is 0 Å². The Morgan fingerprint density at radius 1 is 1.33 bits per heavy atom. The summed E-state index contributed by atoms with van der Waals surface area (Å²) in [4.78, 5) is 4.30. The lowest BCUT2D eigenvalue weighted by Crippen LogP contribution is -2.37. The summed E-state index contributed by atoms with van der Waals surface area (Å²) in [6.45, 7) is 5.96. The maximum absolute atomic E-state index is 12.7. The van der Waals surface area contributed by atoms with E-state index in [1.807, 2.05) is 26.8 Å². The first-order chi connectivity index (χ1) is 9.90. The molecule has 0 amide bonds. The quantitative estimate of drug-likeness (QED) is 0.856. The van der Waals surface area contributed by atoms with E-state index in [0.717, 1.165) is 6.42 Å². The maximum Gasteiger partial charge on any atom is 0.260 e. The third-order valence-electron chi connectivity index (χ3n) is 3.82. The predicted octanol–water partition coefficient (Wildman–Crippen LogP) is 2.09. The molecule has 2 unspecified atom stereocenters. The zero-order valence-electron chi connectivity index (χ0n) is 12.8. The molecule has 116 valence electrons. The van der Waals surface area contributed by atoms with Gasteiger partial charge in [0, 0.05) is 19.3 Å². The third-order valence-corrected chi connectivity index (χ3v) is 5.40. The normalized spacial score (nSPS) is 15.0. The lowest BCUT2D eigenvalue weighted by molar-refractivity contribution is 0.433. The fourth-order valence-electron chi connectivity index (χ4n) is 2.16. The van der Waals surface area contributed by atoms with Gasteiger partial charge in [-0.2, -0.15) is 0 Å². The number of pyridine rings is 1. The molecule has 2 aromatic rings. The number of nitrogens with zero attached hydrogens (tertiary/aromatic N) is 2. The molecule has 7 heteroatoms. The van der Waals surface area contributed by atoms with Crippen LogP contribution >= 0.6 is 0 Å². The number of imidazole rings is 1. The van der Waals surface area contributed by atoms with Gasteiger partial charge in [0.05, 0.1) is 0 Å². The van der Waals surface area contributed by atoms with E-state index >= 15 is 0 Å². The fraction of sp³-hybridized carbons (Fsp3) is 0.500. The Morgan fingerprint density at radius 2 is 2.05 bits per heavy atom. The number of nitrogens with one attached hydrogen (secondary N) is 2. The van der Waals surface area contributed by atoms with E-state index in [-0.39, 0.29) is 17.0 Å². The van der Waals surface area contributed by atoms with Gasteiger partial charge in [0.1, 0.15) is 5.65 Å². The van der Waals surface area contributed by atoms with Gasteiger partial charge in [-0.05, 0) is 25.0 Å². The molecule has 2 aromatic heterocycles. The second-order valence-electron chi connectivity index (χ2n) is 5.24. The first-order valence-electron chi connectivity index (χ1n) is 7.07. The van der Waals surface area contributed by atoms with Gasteiger partial charge in [0.25, 0.3) is 10.0 Å². The molecular weight excluding hydrogens is 288 g/mol. The summed E-state index contributed by atoms with van der Waals surface area (Å²) < 4.78 is 29.7. The van der Waals surface area contributed by atoms with Crippen LogP contribution in [0.1, 0.15) is 27.2 Å². The number of anilines is 1. The van der Waals surface area contributed by atoms with E-state index in [9.17, 15) is 8.42 Å². The summed E-state index contributed by atoms with van der Waals surface area (Å²) in [5, 5.41) is 3.01. The molecule has 2 heterocycles. The van der Waals surface area contributed by atoms with E-state index in [1.54, 1.807) is 29.8 Å². The molecule has 2 rings (SSSR count). The molecule has 0 aromatic carbocycles. The van der Waals surface area contributed by atoms with Gasteiger partial charge in [0.15, 0.2) is 10.8 Å². The number of rotatable bonds is 6. The average Bonchev–Trinajstić information content (AvgIpc) is 2.85. The number of fused-ring (bicyclic) bond motifs is 1. The second kappa shape index (κ2) is 6.03. The Hall–Kier alpha value is -1.60. The topological polar surface area (TPSA) is 75.5 Å². The molecule has 0 radical (unpaired) electrons. The highest BCUT2D eigenvalue weighted by Gasteiger charge is 2.27. The Balaban J connectivity index is 2.49. The van der Waals surface area contributed by atoms with Crippen LogP contribution in [-0.2, 0) is 10.0 Å². The third kappa shape index (κ3) is 3.03. The van der Waals surface area contributed by atoms with Crippen molar-refractivity contribution in [1.82, 2.24) is 14.1 Å². The van der Waals surface area contributed by atoms with E-state index in [4.69, 9.17) is 0 Å². The van der Waals surface area contributed by atoms with E-state index < -0.39 is 10.0 Å². The lowest BCUT2D eigenvalue weighted by atomic mass is 10.0. The highest BCUT2D eigenvalue weighted by atomic mass is 32.2. The van der Waals surface area contributed by atoms with Crippen LogP contribution < -0.4 is 10.0 Å². The van der Waals surface area contributed by atoms with Gasteiger partial charge in [-0.3, -0.25) is 4.40 Å². The molecule has 0 aliphatic carbocycles. The molecule has 0 spiro atoms. The minimum Gasteiger partial charge on any atom is -0.371 e. The van der Waals surface area contributed by atoms with Crippen LogP contribution in [0.3, 0.4) is 0 Å². The predicted molar refractivity (Wildman–Crippen MR) is 84.0 cm³/mol. The van der Waals surface area contributed by atoms with Crippen LogP contribution in [0.5, 0.6) is 0 Å². The smallest absolute Gasteiger partial charge is 0.260 e. The van der Waals surface area contributed by atoms with Crippen molar-refractivity contribution in [3.05, 3.63) is 24.4 Å². The van der Waals surface area contributed by atoms with Crippen molar-refractivity contribution in [2.75, 3.05) is 12.4 Å². The monoisotopic (exact) mass is 310 g/mol. The molecular formula is C14H22N4O2S. The van der Waals surface area contributed by atoms with Crippen molar-refractivity contribution < 1.29 is 8.42 Å². The Labute approximate surface area is 125 Å². The Kier molecular flexibility index (Phi) is 4.53. The summed E-state index contributed by atoms with van der Waals surface area (Å²) >= 11 is 0. The zero-order valence-corrected chi connectivity index (χ0v) is 13.6. The molecule has 21 heavy (non-hydrogen) atoms. The average molecular weight is 310 g/mol. The summed E-state index contributed by atoms with van der Waals surface area (Å²) in [7, 11) is -1.99. The molecule has 0 aliphatic rings. The summed E-state index contributed by atoms with van der Waals surface area (Å²) in [6.07, 6.45) is 2.61. The molecule has 0 fully saturated rings. The number of aromatic nitrogens is 2. The minimum atomic E-state index is -3.65. The zero-order chi connectivity index (χ0) is 15.6. The fourth-order valence-corrected chi connectivity index (χ4v) is 3.81. The van der Waals surface area contributed by atoms with Gasteiger partial charge in [-0.15, -0.1) is 0 Å². The van der Waals surface area contributed by atoms with Gasteiger partial charge in [-0.25, -0.2) is 18.1 Å². The molecule has 6 nitrogen and oxygen atoms in total. The van der Waals surface area contributed by atoms with E-state index in [0.29, 0.717) is 11.5 Å². The summed E-state index contributed by atoms with van der Waals surface area (Å²) in [5.41, 5.74) is 0.596. The second-order valence-corrected chi connectivity index (χ2v) is 6.87. The first-order valence-corrected chi connectivity index (χ1v) is 8.56. The Bertz CT molecular complexity index is 724. The van der Waals surface area contributed by atoms with Gasteiger partial charge in [0.2, 0.25) is 0 Å².